The predicted molar refractivity (Wildman–Crippen MR) is 70.9 cm³/mol. The molecule has 1 amide bonds. The molecule has 0 spiro atoms. The van der Waals surface area contributed by atoms with Crippen LogP contribution in [-0.4, -0.2) is 29.0 Å². The molecular formula is C13H15ClFNO3. The van der Waals surface area contributed by atoms with E-state index in [0.29, 0.717) is 13.0 Å². The van der Waals surface area contributed by atoms with Crippen molar-refractivity contribution in [3.63, 3.8) is 0 Å². The van der Waals surface area contributed by atoms with E-state index in [4.69, 9.17) is 21.8 Å². The van der Waals surface area contributed by atoms with Crippen molar-refractivity contribution in [3.05, 3.63) is 40.7 Å². The van der Waals surface area contributed by atoms with E-state index in [0.717, 1.165) is 0 Å². The average molecular weight is 288 g/mol. The Morgan fingerprint density at radius 1 is 1.47 bits per heavy atom. The molecule has 6 heteroatoms. The highest BCUT2D eigenvalue weighted by atomic mass is 35.5. The summed E-state index contributed by atoms with van der Waals surface area (Å²) in [6.07, 6.45) is 1.80. The second-order valence-corrected chi connectivity index (χ2v) is 4.30. The third kappa shape index (κ3) is 5.83. The summed E-state index contributed by atoms with van der Waals surface area (Å²) in [5.74, 6) is -0.955. The zero-order valence-corrected chi connectivity index (χ0v) is 10.9. The van der Waals surface area contributed by atoms with Crippen LogP contribution in [-0.2, 0) is 4.79 Å². The predicted octanol–water partition coefficient (Wildman–Crippen LogP) is 1.70. The number of aliphatic hydroxyl groups is 2. The molecule has 0 aliphatic heterocycles. The number of hydrogen-bond acceptors (Lipinski definition) is 3. The molecule has 0 aliphatic rings. The van der Waals surface area contributed by atoms with Gasteiger partial charge in [-0.3, -0.25) is 4.79 Å². The Morgan fingerprint density at radius 2 is 2.21 bits per heavy atom. The topological polar surface area (TPSA) is 69.6 Å². The standard InChI is InChI=1S/C13H15ClFNO3/c14-10-4-1-3-9(13(10)15)6-7-11(17)16-8-2-5-12(18)19/h1,3-4,6-7,12,18-19H,2,5,8H2,(H,16,17)/b7-6+. The van der Waals surface area contributed by atoms with Gasteiger partial charge in [-0.15, -0.1) is 0 Å². The normalized spacial score (nSPS) is 11.2. The van der Waals surface area contributed by atoms with Gasteiger partial charge in [-0.2, -0.15) is 0 Å². The van der Waals surface area contributed by atoms with E-state index in [1.807, 2.05) is 0 Å². The van der Waals surface area contributed by atoms with E-state index >= 15 is 0 Å². The van der Waals surface area contributed by atoms with Gasteiger partial charge in [-0.25, -0.2) is 4.39 Å². The molecule has 0 radical (unpaired) electrons. The van der Waals surface area contributed by atoms with Crippen molar-refractivity contribution in [2.45, 2.75) is 19.1 Å². The zero-order valence-electron chi connectivity index (χ0n) is 10.1. The van der Waals surface area contributed by atoms with Crippen LogP contribution in [0.3, 0.4) is 0 Å². The maximum atomic E-state index is 13.5. The molecule has 1 aromatic rings. The second kappa shape index (κ2) is 7.89. The monoisotopic (exact) mass is 287 g/mol. The van der Waals surface area contributed by atoms with E-state index in [-0.39, 0.29) is 22.9 Å². The maximum absolute atomic E-state index is 13.5. The summed E-state index contributed by atoms with van der Waals surface area (Å²) >= 11 is 5.60. The Morgan fingerprint density at radius 3 is 2.89 bits per heavy atom. The zero-order chi connectivity index (χ0) is 14.3. The summed E-state index contributed by atoms with van der Waals surface area (Å²) in [5, 5.41) is 19.7. The molecule has 0 atom stereocenters. The minimum atomic E-state index is -1.37. The van der Waals surface area contributed by atoms with Crippen LogP contribution in [0.15, 0.2) is 24.3 Å². The van der Waals surface area contributed by atoms with E-state index in [2.05, 4.69) is 5.32 Å². The molecule has 0 saturated carbocycles. The first-order valence-corrected chi connectivity index (χ1v) is 6.14. The molecule has 0 aliphatic carbocycles. The molecule has 0 bridgehead atoms. The summed E-state index contributed by atoms with van der Waals surface area (Å²) in [6, 6.07) is 4.52. The van der Waals surface area contributed by atoms with Crippen molar-refractivity contribution >= 4 is 23.6 Å². The molecule has 1 rings (SSSR count). The molecule has 19 heavy (non-hydrogen) atoms. The summed E-state index contributed by atoms with van der Waals surface area (Å²) in [5.41, 5.74) is 0.230. The van der Waals surface area contributed by atoms with Gasteiger partial charge in [-0.1, -0.05) is 23.7 Å². The Labute approximate surface area is 115 Å². The lowest BCUT2D eigenvalue weighted by atomic mass is 10.2. The third-order valence-electron chi connectivity index (χ3n) is 2.33. The van der Waals surface area contributed by atoms with Gasteiger partial charge >= 0.3 is 0 Å². The molecule has 1 aromatic carbocycles. The Kier molecular flexibility index (Phi) is 6.49. The number of hydrogen-bond donors (Lipinski definition) is 3. The van der Waals surface area contributed by atoms with Crippen LogP contribution in [0.2, 0.25) is 5.02 Å². The first-order valence-electron chi connectivity index (χ1n) is 5.76. The lowest BCUT2D eigenvalue weighted by Gasteiger charge is -2.03. The smallest absolute Gasteiger partial charge is 0.244 e. The van der Waals surface area contributed by atoms with Crippen LogP contribution in [0, 0.1) is 5.82 Å². The van der Waals surface area contributed by atoms with Gasteiger partial charge < -0.3 is 15.5 Å². The molecule has 0 aromatic heterocycles. The third-order valence-corrected chi connectivity index (χ3v) is 2.63. The lowest BCUT2D eigenvalue weighted by Crippen LogP contribution is -2.23. The van der Waals surface area contributed by atoms with Crippen molar-refractivity contribution in [2.24, 2.45) is 0 Å². The van der Waals surface area contributed by atoms with Gasteiger partial charge in [0, 0.05) is 18.2 Å². The molecular weight excluding hydrogens is 273 g/mol. The average Bonchev–Trinajstić information content (AvgIpc) is 2.36. The quantitative estimate of drug-likeness (QED) is 0.424. The lowest BCUT2D eigenvalue weighted by molar-refractivity contribution is -0.116. The van der Waals surface area contributed by atoms with Gasteiger partial charge in [0.2, 0.25) is 5.91 Å². The highest BCUT2D eigenvalue weighted by Gasteiger charge is 2.03. The maximum Gasteiger partial charge on any atom is 0.244 e. The Hall–Kier alpha value is -1.43. The molecule has 104 valence electrons. The van der Waals surface area contributed by atoms with E-state index in [9.17, 15) is 9.18 Å². The van der Waals surface area contributed by atoms with Crippen molar-refractivity contribution in [2.75, 3.05) is 6.54 Å². The van der Waals surface area contributed by atoms with Crippen LogP contribution in [0.25, 0.3) is 6.08 Å². The van der Waals surface area contributed by atoms with Crippen LogP contribution in [0.1, 0.15) is 18.4 Å². The van der Waals surface area contributed by atoms with E-state index in [1.54, 1.807) is 6.07 Å². The summed E-state index contributed by atoms with van der Waals surface area (Å²) < 4.78 is 13.5. The number of benzene rings is 1. The number of aliphatic hydroxyl groups excluding tert-OH is 1. The largest absolute Gasteiger partial charge is 0.368 e. The van der Waals surface area contributed by atoms with Crippen LogP contribution in [0.4, 0.5) is 4.39 Å². The van der Waals surface area contributed by atoms with Crippen LogP contribution < -0.4 is 5.32 Å². The van der Waals surface area contributed by atoms with E-state index in [1.165, 1.54) is 24.3 Å². The molecule has 3 N–H and O–H groups in total. The SMILES string of the molecule is O=C(/C=C/c1cccc(Cl)c1F)NCCCC(O)O. The van der Waals surface area contributed by atoms with Gasteiger partial charge in [-0.05, 0) is 25.0 Å². The first kappa shape index (κ1) is 15.6. The van der Waals surface area contributed by atoms with Crippen molar-refractivity contribution in [1.29, 1.82) is 0 Å². The molecule has 0 unspecified atom stereocenters. The fourth-order valence-corrected chi connectivity index (χ4v) is 1.55. The van der Waals surface area contributed by atoms with Crippen molar-refractivity contribution in [3.8, 4) is 0 Å². The molecule has 0 fully saturated rings. The number of carbonyl (C=O) groups is 1. The molecule has 0 saturated heterocycles. The van der Waals surface area contributed by atoms with Crippen LogP contribution in [0.5, 0.6) is 0 Å². The molecule has 0 heterocycles. The molecule has 4 nitrogen and oxygen atoms in total. The van der Waals surface area contributed by atoms with Crippen molar-refractivity contribution < 1.29 is 19.4 Å². The summed E-state index contributed by atoms with van der Waals surface area (Å²) in [7, 11) is 0. The highest BCUT2D eigenvalue weighted by molar-refractivity contribution is 6.30. The number of carbonyl (C=O) groups excluding carboxylic acids is 1. The van der Waals surface area contributed by atoms with Gasteiger partial charge in [0.15, 0.2) is 6.29 Å². The van der Waals surface area contributed by atoms with E-state index < -0.39 is 12.1 Å². The number of rotatable bonds is 6. The van der Waals surface area contributed by atoms with Gasteiger partial charge in [0.05, 0.1) is 5.02 Å². The summed E-state index contributed by atoms with van der Waals surface area (Å²) in [4.78, 5) is 11.4. The van der Waals surface area contributed by atoms with Crippen LogP contribution >= 0.6 is 11.6 Å². The highest BCUT2D eigenvalue weighted by Crippen LogP contribution is 2.18. The number of nitrogens with one attached hydrogen (secondary N) is 1. The summed E-state index contributed by atoms with van der Waals surface area (Å²) in [6.45, 7) is 0.318. The number of halogens is 2. The van der Waals surface area contributed by atoms with Gasteiger partial charge in [0.25, 0.3) is 0 Å². The number of amides is 1. The second-order valence-electron chi connectivity index (χ2n) is 3.89. The minimum absolute atomic E-state index is 0.000471. The first-order chi connectivity index (χ1) is 9.00. The fraction of sp³-hybridized carbons (Fsp3) is 0.308. The van der Waals surface area contributed by atoms with Gasteiger partial charge in [0.1, 0.15) is 5.82 Å². The Balaban J connectivity index is 2.43. The fourth-order valence-electron chi connectivity index (χ4n) is 1.37. The Bertz CT molecular complexity index is 463. The van der Waals surface area contributed by atoms with Crippen molar-refractivity contribution in [1.82, 2.24) is 5.32 Å². The minimum Gasteiger partial charge on any atom is -0.368 e.